The molecule has 1 amide bonds. The van der Waals surface area contributed by atoms with E-state index in [1.54, 1.807) is 0 Å². The van der Waals surface area contributed by atoms with Gasteiger partial charge >= 0.3 is 0 Å². The number of pyridine rings is 1. The fourth-order valence-corrected chi connectivity index (χ4v) is 1.91. The maximum atomic E-state index is 11.7. The Bertz CT molecular complexity index is 497. The van der Waals surface area contributed by atoms with Gasteiger partial charge < -0.3 is 5.32 Å². The van der Waals surface area contributed by atoms with Crippen LogP contribution in [-0.2, 0) is 11.3 Å². The second-order valence-electron chi connectivity index (χ2n) is 4.48. The summed E-state index contributed by atoms with van der Waals surface area (Å²) in [5.74, 6) is 0.0873. The van der Waals surface area contributed by atoms with Crippen molar-refractivity contribution in [3.63, 3.8) is 0 Å². The van der Waals surface area contributed by atoms with Crippen molar-refractivity contribution in [2.45, 2.75) is 25.8 Å². The van der Waals surface area contributed by atoms with Crippen LogP contribution in [0.1, 0.15) is 19.3 Å². The number of carbonyl (C=O) groups is 1. The lowest BCUT2D eigenvalue weighted by Gasteiger charge is -2.04. The molecule has 1 N–H and O–H groups in total. The minimum atomic E-state index is 0.0873. The van der Waals surface area contributed by atoms with Crippen molar-refractivity contribution in [1.29, 1.82) is 0 Å². The first kappa shape index (κ1) is 13.3. The number of rotatable bonds is 6. The maximum Gasteiger partial charge on any atom is 0.224 e. The van der Waals surface area contributed by atoms with E-state index in [1.807, 2.05) is 60.9 Å². The first-order chi connectivity index (χ1) is 9.34. The maximum absolute atomic E-state index is 11.7. The zero-order chi connectivity index (χ0) is 13.3. The monoisotopic (exact) mass is 255 g/mol. The molecule has 0 atom stereocenters. The average molecular weight is 255 g/mol. The highest BCUT2D eigenvalue weighted by atomic mass is 16.1. The summed E-state index contributed by atoms with van der Waals surface area (Å²) in [6.07, 6.45) is 6.58. The Labute approximate surface area is 113 Å². The van der Waals surface area contributed by atoms with Crippen molar-refractivity contribution in [1.82, 2.24) is 0 Å². The van der Waals surface area contributed by atoms with E-state index in [4.69, 9.17) is 0 Å². The van der Waals surface area contributed by atoms with Gasteiger partial charge in [-0.15, -0.1) is 0 Å². The van der Waals surface area contributed by atoms with Crippen LogP contribution in [0.3, 0.4) is 0 Å². The number of nitrogens with one attached hydrogen (secondary N) is 1. The predicted octanol–water partition coefficient (Wildman–Crippen LogP) is 2.78. The third-order valence-electron chi connectivity index (χ3n) is 2.91. The Morgan fingerprint density at radius 2 is 1.63 bits per heavy atom. The minimum absolute atomic E-state index is 0.0873. The molecular formula is C16H19N2O+. The summed E-state index contributed by atoms with van der Waals surface area (Å²) in [5.41, 5.74) is 0.866. The Balaban J connectivity index is 1.65. The fraction of sp³-hybridized carbons (Fsp3) is 0.250. The van der Waals surface area contributed by atoms with Crippen molar-refractivity contribution in [3.05, 3.63) is 60.9 Å². The number of unbranched alkanes of at least 4 members (excludes halogenated alkanes) is 1. The fourth-order valence-electron chi connectivity index (χ4n) is 1.91. The molecule has 0 spiro atoms. The Morgan fingerprint density at radius 1 is 0.947 bits per heavy atom. The summed E-state index contributed by atoms with van der Waals surface area (Å²) >= 11 is 0. The number of hydrogen-bond acceptors (Lipinski definition) is 1. The van der Waals surface area contributed by atoms with Crippen molar-refractivity contribution >= 4 is 11.6 Å². The van der Waals surface area contributed by atoms with Crippen molar-refractivity contribution in [2.75, 3.05) is 5.32 Å². The standard InChI is InChI=1S/C16H18N2O/c19-16(17-15-9-3-1-4-10-15)11-5-8-14-18-12-6-2-7-13-18/h1-4,6-7,9-10,12-13H,5,8,11,14H2/p+1. The number of benzene rings is 1. The molecule has 0 aliphatic heterocycles. The van der Waals surface area contributed by atoms with Gasteiger partial charge in [-0.3, -0.25) is 4.79 Å². The number of para-hydroxylation sites is 1. The van der Waals surface area contributed by atoms with Gasteiger partial charge in [0, 0.05) is 30.7 Å². The number of carbonyl (C=O) groups excluding carboxylic acids is 1. The highest BCUT2D eigenvalue weighted by Crippen LogP contribution is 2.06. The van der Waals surface area contributed by atoms with E-state index < -0.39 is 0 Å². The van der Waals surface area contributed by atoms with Gasteiger partial charge in [-0.1, -0.05) is 24.3 Å². The van der Waals surface area contributed by atoms with E-state index in [0.29, 0.717) is 6.42 Å². The van der Waals surface area contributed by atoms with Gasteiger partial charge in [-0.2, -0.15) is 0 Å². The van der Waals surface area contributed by atoms with Gasteiger partial charge in [0.05, 0.1) is 0 Å². The van der Waals surface area contributed by atoms with Crippen LogP contribution < -0.4 is 9.88 Å². The molecule has 0 saturated heterocycles. The first-order valence-corrected chi connectivity index (χ1v) is 6.63. The lowest BCUT2D eigenvalue weighted by Crippen LogP contribution is -2.32. The third kappa shape index (κ3) is 4.92. The van der Waals surface area contributed by atoms with E-state index in [2.05, 4.69) is 9.88 Å². The molecule has 19 heavy (non-hydrogen) atoms. The summed E-state index contributed by atoms with van der Waals surface area (Å²) in [6.45, 7) is 0.958. The molecule has 0 radical (unpaired) electrons. The zero-order valence-electron chi connectivity index (χ0n) is 11.0. The van der Waals surface area contributed by atoms with Crippen LogP contribution in [0.2, 0.25) is 0 Å². The molecule has 0 unspecified atom stereocenters. The zero-order valence-corrected chi connectivity index (χ0v) is 11.0. The van der Waals surface area contributed by atoms with Gasteiger partial charge in [0.2, 0.25) is 5.91 Å². The Kier molecular flexibility index (Phi) is 5.11. The Morgan fingerprint density at radius 3 is 2.37 bits per heavy atom. The van der Waals surface area contributed by atoms with Crippen molar-refractivity contribution in [3.8, 4) is 0 Å². The largest absolute Gasteiger partial charge is 0.326 e. The van der Waals surface area contributed by atoms with Crippen LogP contribution in [0.25, 0.3) is 0 Å². The van der Waals surface area contributed by atoms with Crippen LogP contribution >= 0.6 is 0 Å². The Hall–Kier alpha value is -2.16. The molecule has 2 aromatic rings. The van der Waals surface area contributed by atoms with E-state index in [0.717, 1.165) is 25.1 Å². The summed E-state index contributed by atoms with van der Waals surface area (Å²) < 4.78 is 2.13. The number of hydrogen-bond donors (Lipinski definition) is 1. The summed E-state index contributed by atoms with van der Waals surface area (Å²) in [5, 5.41) is 2.89. The molecule has 1 aromatic carbocycles. The molecule has 3 nitrogen and oxygen atoms in total. The average Bonchev–Trinajstić information content (AvgIpc) is 2.46. The number of amides is 1. The van der Waals surface area contributed by atoms with Gasteiger partial charge in [-0.25, -0.2) is 4.57 Å². The topological polar surface area (TPSA) is 33.0 Å². The molecule has 0 aliphatic carbocycles. The molecule has 0 saturated carbocycles. The minimum Gasteiger partial charge on any atom is -0.326 e. The smallest absolute Gasteiger partial charge is 0.224 e. The molecule has 1 aromatic heterocycles. The molecule has 3 heteroatoms. The van der Waals surface area contributed by atoms with Crippen LogP contribution in [0.15, 0.2) is 60.9 Å². The quantitative estimate of drug-likeness (QED) is 0.625. The molecule has 0 fully saturated rings. The number of nitrogens with zero attached hydrogens (tertiary/aromatic N) is 1. The van der Waals surface area contributed by atoms with Crippen LogP contribution in [0, 0.1) is 0 Å². The van der Waals surface area contributed by atoms with E-state index in [9.17, 15) is 4.79 Å². The van der Waals surface area contributed by atoms with Gasteiger partial charge in [0.25, 0.3) is 0 Å². The lowest BCUT2D eigenvalue weighted by atomic mass is 10.2. The highest BCUT2D eigenvalue weighted by molar-refractivity contribution is 5.90. The van der Waals surface area contributed by atoms with E-state index in [-0.39, 0.29) is 5.91 Å². The third-order valence-corrected chi connectivity index (χ3v) is 2.91. The number of aryl methyl sites for hydroxylation is 1. The van der Waals surface area contributed by atoms with Gasteiger partial charge in [0.1, 0.15) is 6.54 Å². The number of anilines is 1. The van der Waals surface area contributed by atoms with Gasteiger partial charge in [-0.05, 0) is 18.6 Å². The van der Waals surface area contributed by atoms with Gasteiger partial charge in [0.15, 0.2) is 12.4 Å². The molecule has 2 rings (SSSR count). The summed E-state index contributed by atoms with van der Waals surface area (Å²) in [6, 6.07) is 15.6. The van der Waals surface area contributed by atoms with E-state index in [1.165, 1.54) is 0 Å². The molecular weight excluding hydrogens is 236 g/mol. The van der Waals surface area contributed by atoms with Crippen molar-refractivity contribution < 1.29 is 9.36 Å². The summed E-state index contributed by atoms with van der Waals surface area (Å²) in [4.78, 5) is 11.7. The second-order valence-corrected chi connectivity index (χ2v) is 4.48. The molecule has 1 heterocycles. The van der Waals surface area contributed by atoms with Crippen LogP contribution in [0.4, 0.5) is 5.69 Å². The lowest BCUT2D eigenvalue weighted by molar-refractivity contribution is -0.697. The van der Waals surface area contributed by atoms with E-state index >= 15 is 0 Å². The molecule has 0 aliphatic rings. The SMILES string of the molecule is O=C(CCCC[n+]1ccccc1)Nc1ccccc1. The molecule has 0 bridgehead atoms. The normalized spacial score (nSPS) is 10.1. The molecule has 98 valence electrons. The number of aromatic nitrogens is 1. The second kappa shape index (κ2) is 7.31. The summed E-state index contributed by atoms with van der Waals surface area (Å²) in [7, 11) is 0. The predicted molar refractivity (Wildman–Crippen MR) is 75.6 cm³/mol. The van der Waals surface area contributed by atoms with Crippen LogP contribution in [0.5, 0.6) is 0 Å². The van der Waals surface area contributed by atoms with Crippen molar-refractivity contribution in [2.24, 2.45) is 0 Å². The first-order valence-electron chi connectivity index (χ1n) is 6.63. The highest BCUT2D eigenvalue weighted by Gasteiger charge is 2.03. The van der Waals surface area contributed by atoms with Crippen LogP contribution in [-0.4, -0.2) is 5.91 Å².